The van der Waals surface area contributed by atoms with Crippen LogP contribution in [-0.4, -0.2) is 24.1 Å². The second kappa shape index (κ2) is 4.71. The van der Waals surface area contributed by atoms with Crippen LogP contribution in [0.3, 0.4) is 0 Å². The molecule has 1 N–H and O–H groups in total. The SMILES string of the molecule is CCOC(=O)CNc1cncs1. The monoisotopic (exact) mass is 186 g/mol. The molecule has 0 atom stereocenters. The van der Waals surface area contributed by atoms with E-state index in [4.69, 9.17) is 4.74 Å². The van der Waals surface area contributed by atoms with Crippen molar-refractivity contribution in [2.45, 2.75) is 6.92 Å². The molecule has 1 rings (SSSR count). The van der Waals surface area contributed by atoms with Crippen molar-refractivity contribution in [2.75, 3.05) is 18.5 Å². The Morgan fingerprint density at radius 3 is 3.25 bits per heavy atom. The van der Waals surface area contributed by atoms with Crippen LogP contribution in [0, 0.1) is 0 Å². The Balaban J connectivity index is 2.22. The second-order valence-electron chi connectivity index (χ2n) is 2.02. The van der Waals surface area contributed by atoms with Crippen LogP contribution in [0.5, 0.6) is 0 Å². The number of thiazole rings is 1. The first-order valence-electron chi connectivity index (χ1n) is 3.61. The maximum Gasteiger partial charge on any atom is 0.325 e. The Bertz CT molecular complexity index is 236. The van der Waals surface area contributed by atoms with Crippen molar-refractivity contribution in [3.8, 4) is 0 Å². The molecule has 0 saturated heterocycles. The fraction of sp³-hybridized carbons (Fsp3) is 0.429. The summed E-state index contributed by atoms with van der Waals surface area (Å²) in [6, 6.07) is 0. The number of aromatic nitrogens is 1. The summed E-state index contributed by atoms with van der Waals surface area (Å²) in [5.74, 6) is -0.245. The van der Waals surface area contributed by atoms with Crippen LogP contribution in [0.4, 0.5) is 5.00 Å². The molecule has 0 unspecified atom stereocenters. The van der Waals surface area contributed by atoms with Gasteiger partial charge in [-0.25, -0.2) is 0 Å². The zero-order valence-electron chi connectivity index (χ0n) is 6.74. The largest absolute Gasteiger partial charge is 0.465 e. The Morgan fingerprint density at radius 2 is 2.67 bits per heavy atom. The zero-order chi connectivity index (χ0) is 8.81. The molecule has 0 radical (unpaired) electrons. The smallest absolute Gasteiger partial charge is 0.325 e. The van der Waals surface area contributed by atoms with Gasteiger partial charge in [0.05, 0.1) is 18.3 Å². The van der Waals surface area contributed by atoms with Gasteiger partial charge in [-0.15, -0.1) is 11.3 Å². The van der Waals surface area contributed by atoms with Crippen LogP contribution in [0.1, 0.15) is 6.92 Å². The van der Waals surface area contributed by atoms with Crippen LogP contribution < -0.4 is 5.32 Å². The van der Waals surface area contributed by atoms with Gasteiger partial charge in [-0.2, -0.15) is 0 Å². The van der Waals surface area contributed by atoms with E-state index in [1.54, 1.807) is 18.6 Å². The highest BCUT2D eigenvalue weighted by Crippen LogP contribution is 2.11. The molecule has 0 aliphatic carbocycles. The molecule has 0 amide bonds. The number of anilines is 1. The third kappa shape index (κ3) is 2.87. The van der Waals surface area contributed by atoms with E-state index >= 15 is 0 Å². The first-order valence-corrected chi connectivity index (χ1v) is 4.49. The van der Waals surface area contributed by atoms with Gasteiger partial charge in [0.1, 0.15) is 11.5 Å². The number of esters is 1. The highest BCUT2D eigenvalue weighted by atomic mass is 32.1. The van der Waals surface area contributed by atoms with Crippen LogP contribution in [0.25, 0.3) is 0 Å². The van der Waals surface area contributed by atoms with Gasteiger partial charge in [0.2, 0.25) is 0 Å². The molecule has 12 heavy (non-hydrogen) atoms. The lowest BCUT2D eigenvalue weighted by molar-refractivity contribution is -0.140. The summed E-state index contributed by atoms with van der Waals surface area (Å²) in [4.78, 5) is 14.7. The van der Waals surface area contributed by atoms with E-state index in [9.17, 15) is 4.79 Å². The van der Waals surface area contributed by atoms with Crippen molar-refractivity contribution in [2.24, 2.45) is 0 Å². The van der Waals surface area contributed by atoms with Crippen LogP contribution in [0.15, 0.2) is 11.7 Å². The highest BCUT2D eigenvalue weighted by Gasteiger charge is 2.00. The molecule has 66 valence electrons. The topological polar surface area (TPSA) is 51.2 Å². The predicted octanol–water partition coefficient (Wildman–Crippen LogP) is 1.12. The summed E-state index contributed by atoms with van der Waals surface area (Å²) >= 11 is 1.45. The Kier molecular flexibility index (Phi) is 3.53. The Hall–Kier alpha value is -1.10. The number of hydrogen-bond acceptors (Lipinski definition) is 5. The quantitative estimate of drug-likeness (QED) is 0.716. The fourth-order valence-electron chi connectivity index (χ4n) is 0.674. The first-order chi connectivity index (χ1) is 5.83. The van der Waals surface area contributed by atoms with E-state index in [1.807, 2.05) is 0 Å². The molecule has 1 aromatic heterocycles. The van der Waals surface area contributed by atoms with Crippen molar-refractivity contribution < 1.29 is 9.53 Å². The number of rotatable bonds is 4. The molecular weight excluding hydrogens is 176 g/mol. The lowest BCUT2D eigenvalue weighted by Gasteiger charge is -2.01. The van der Waals surface area contributed by atoms with E-state index < -0.39 is 0 Å². The minimum Gasteiger partial charge on any atom is -0.465 e. The lowest BCUT2D eigenvalue weighted by atomic mass is 10.6. The molecule has 1 heterocycles. The van der Waals surface area contributed by atoms with Crippen molar-refractivity contribution in [3.63, 3.8) is 0 Å². The van der Waals surface area contributed by atoms with E-state index in [1.165, 1.54) is 11.3 Å². The molecule has 0 aliphatic rings. The summed E-state index contributed by atoms with van der Waals surface area (Å²) in [7, 11) is 0. The maximum absolute atomic E-state index is 10.8. The van der Waals surface area contributed by atoms with E-state index in [2.05, 4.69) is 10.3 Å². The zero-order valence-corrected chi connectivity index (χ0v) is 7.56. The average Bonchev–Trinajstić information content (AvgIpc) is 2.53. The number of carbonyl (C=O) groups excluding carboxylic acids is 1. The molecule has 0 saturated carbocycles. The van der Waals surface area contributed by atoms with Gasteiger partial charge in [-0.1, -0.05) is 0 Å². The molecular formula is C7H10N2O2S. The van der Waals surface area contributed by atoms with Crippen LogP contribution >= 0.6 is 11.3 Å². The van der Waals surface area contributed by atoms with Gasteiger partial charge >= 0.3 is 5.97 Å². The number of hydrogen-bond donors (Lipinski definition) is 1. The molecule has 1 aromatic rings. The Labute approximate surface area is 74.6 Å². The van der Waals surface area contributed by atoms with Crippen molar-refractivity contribution in [1.82, 2.24) is 4.98 Å². The lowest BCUT2D eigenvalue weighted by Crippen LogP contribution is -2.15. The molecule has 0 aliphatic heterocycles. The van der Waals surface area contributed by atoms with Gasteiger partial charge in [0.25, 0.3) is 0 Å². The summed E-state index contributed by atoms with van der Waals surface area (Å²) in [5, 5.41) is 3.77. The van der Waals surface area contributed by atoms with E-state index in [0.717, 1.165) is 5.00 Å². The minimum absolute atomic E-state index is 0.204. The molecule has 0 spiro atoms. The average molecular weight is 186 g/mol. The number of ether oxygens (including phenoxy) is 1. The van der Waals surface area contributed by atoms with E-state index in [0.29, 0.717) is 6.61 Å². The molecule has 0 aromatic carbocycles. The minimum atomic E-state index is -0.245. The number of nitrogens with one attached hydrogen (secondary N) is 1. The van der Waals surface area contributed by atoms with Gasteiger partial charge in [-0.05, 0) is 6.92 Å². The van der Waals surface area contributed by atoms with Crippen molar-refractivity contribution in [3.05, 3.63) is 11.7 Å². The summed E-state index contributed by atoms with van der Waals surface area (Å²) in [6.45, 7) is 2.41. The van der Waals surface area contributed by atoms with Gasteiger partial charge in [0.15, 0.2) is 0 Å². The molecule has 0 bridgehead atoms. The van der Waals surface area contributed by atoms with Crippen LogP contribution in [0.2, 0.25) is 0 Å². The fourth-order valence-corrected chi connectivity index (χ4v) is 1.19. The summed E-state index contributed by atoms with van der Waals surface area (Å²) < 4.78 is 4.72. The normalized spacial score (nSPS) is 9.42. The van der Waals surface area contributed by atoms with E-state index in [-0.39, 0.29) is 12.5 Å². The summed E-state index contributed by atoms with van der Waals surface area (Å²) in [5.41, 5.74) is 1.70. The summed E-state index contributed by atoms with van der Waals surface area (Å²) in [6.07, 6.45) is 1.67. The van der Waals surface area contributed by atoms with Crippen LogP contribution in [-0.2, 0) is 9.53 Å². The predicted molar refractivity (Wildman–Crippen MR) is 47.2 cm³/mol. The van der Waals surface area contributed by atoms with Gasteiger partial charge in [0, 0.05) is 0 Å². The molecule has 0 fully saturated rings. The number of nitrogens with zero attached hydrogens (tertiary/aromatic N) is 1. The van der Waals surface area contributed by atoms with Gasteiger partial charge in [-0.3, -0.25) is 9.78 Å². The first kappa shape index (κ1) is 8.99. The highest BCUT2D eigenvalue weighted by molar-refractivity contribution is 7.13. The molecule has 4 nitrogen and oxygen atoms in total. The standard InChI is InChI=1S/C7H10N2O2S/c1-2-11-7(10)4-9-6-3-8-5-12-6/h3,5,9H,2,4H2,1H3. The maximum atomic E-state index is 10.8. The Morgan fingerprint density at radius 1 is 1.83 bits per heavy atom. The number of carbonyl (C=O) groups is 1. The second-order valence-corrected chi connectivity index (χ2v) is 2.91. The van der Waals surface area contributed by atoms with Gasteiger partial charge < -0.3 is 10.1 Å². The van der Waals surface area contributed by atoms with Crippen molar-refractivity contribution in [1.29, 1.82) is 0 Å². The van der Waals surface area contributed by atoms with Crippen molar-refractivity contribution >= 4 is 22.3 Å². The molecule has 5 heteroatoms. The third-order valence-corrected chi connectivity index (χ3v) is 1.88. The third-order valence-electron chi connectivity index (χ3n) is 1.14.